The van der Waals surface area contributed by atoms with Crippen molar-refractivity contribution in [2.75, 3.05) is 13.4 Å². The lowest BCUT2D eigenvalue weighted by molar-refractivity contribution is 0.0950. The van der Waals surface area contributed by atoms with Crippen LogP contribution in [0.25, 0.3) is 0 Å². The number of rotatable bonds is 8. The second kappa shape index (κ2) is 10.6. The number of ether oxygens (including phenoxy) is 2. The summed E-state index contributed by atoms with van der Waals surface area (Å²) in [5, 5.41) is 3.00. The Hall–Kier alpha value is -2.81. The predicted molar refractivity (Wildman–Crippen MR) is 132 cm³/mol. The van der Waals surface area contributed by atoms with Crippen molar-refractivity contribution in [2.45, 2.75) is 31.2 Å². The van der Waals surface area contributed by atoms with Gasteiger partial charge in [0.2, 0.25) is 5.88 Å². The number of sulfone groups is 1. The molecule has 1 amide bonds. The highest BCUT2D eigenvalue weighted by molar-refractivity contribution is 7.90. The van der Waals surface area contributed by atoms with Gasteiger partial charge < -0.3 is 14.8 Å². The number of aromatic nitrogens is 1. The van der Waals surface area contributed by atoms with Crippen LogP contribution in [0.2, 0.25) is 10.0 Å². The SMILES string of the molecule is COc1ncc(Oc2c(Cl)ccc(C(=O)NCc3cccc(S(C)(=O)=O)c3)c2Cl)cc1C(C)C. The number of benzene rings is 2. The molecule has 2 aromatic carbocycles. The Morgan fingerprint density at radius 2 is 1.88 bits per heavy atom. The van der Waals surface area contributed by atoms with Crippen LogP contribution in [0.1, 0.15) is 41.3 Å². The summed E-state index contributed by atoms with van der Waals surface area (Å²) in [5.41, 5.74) is 1.63. The Morgan fingerprint density at radius 3 is 2.53 bits per heavy atom. The van der Waals surface area contributed by atoms with Crippen molar-refractivity contribution in [1.29, 1.82) is 0 Å². The molecule has 0 spiro atoms. The molecule has 0 aliphatic carbocycles. The van der Waals surface area contributed by atoms with Crippen molar-refractivity contribution in [1.82, 2.24) is 10.3 Å². The number of hydrogen-bond donors (Lipinski definition) is 1. The van der Waals surface area contributed by atoms with Crippen LogP contribution in [0.3, 0.4) is 0 Å². The predicted octanol–water partition coefficient (Wildman–Crippen LogP) is 5.65. The van der Waals surface area contributed by atoms with Crippen LogP contribution in [-0.2, 0) is 16.4 Å². The first-order valence-electron chi connectivity index (χ1n) is 10.3. The van der Waals surface area contributed by atoms with Gasteiger partial charge in [0.15, 0.2) is 15.6 Å². The summed E-state index contributed by atoms with van der Waals surface area (Å²) in [4.78, 5) is 17.3. The maximum absolute atomic E-state index is 12.8. The molecule has 0 atom stereocenters. The van der Waals surface area contributed by atoms with Gasteiger partial charge in [0.05, 0.1) is 33.8 Å². The fourth-order valence-electron chi connectivity index (χ4n) is 3.17. The van der Waals surface area contributed by atoms with E-state index in [1.807, 2.05) is 13.8 Å². The highest BCUT2D eigenvalue weighted by Gasteiger charge is 2.19. The fourth-order valence-corrected chi connectivity index (χ4v) is 4.40. The van der Waals surface area contributed by atoms with Gasteiger partial charge in [0.25, 0.3) is 5.91 Å². The standard InChI is InChI=1S/C24H24Cl2N2O5S/c1-14(2)19-11-16(13-28-24(19)32-3)33-22-20(25)9-8-18(21(22)26)23(29)27-12-15-6-5-7-17(10-15)34(4,30)31/h5-11,13-14H,12H2,1-4H3,(H,27,29). The van der Waals surface area contributed by atoms with Crippen LogP contribution in [0.15, 0.2) is 53.6 Å². The summed E-state index contributed by atoms with van der Waals surface area (Å²) < 4.78 is 34.7. The average molecular weight is 523 g/mol. The van der Waals surface area contributed by atoms with E-state index in [0.717, 1.165) is 11.8 Å². The zero-order valence-electron chi connectivity index (χ0n) is 19.1. The third-order valence-corrected chi connectivity index (χ3v) is 6.75. The number of pyridine rings is 1. The molecular weight excluding hydrogens is 499 g/mol. The monoisotopic (exact) mass is 522 g/mol. The summed E-state index contributed by atoms with van der Waals surface area (Å²) in [6.07, 6.45) is 2.61. The molecule has 1 N–H and O–H groups in total. The Balaban J connectivity index is 1.83. The molecule has 3 aromatic rings. The zero-order valence-corrected chi connectivity index (χ0v) is 21.4. The molecule has 180 valence electrons. The molecular formula is C24H24Cl2N2O5S. The van der Waals surface area contributed by atoms with Crippen LogP contribution in [0.4, 0.5) is 0 Å². The Kier molecular flexibility index (Phi) is 8.07. The summed E-state index contributed by atoms with van der Waals surface area (Å²) in [6.45, 7) is 4.11. The normalized spacial score (nSPS) is 11.4. The van der Waals surface area contributed by atoms with Crippen LogP contribution >= 0.6 is 23.2 Å². The van der Waals surface area contributed by atoms with Crippen molar-refractivity contribution >= 4 is 38.9 Å². The van der Waals surface area contributed by atoms with E-state index in [9.17, 15) is 13.2 Å². The molecule has 0 saturated carbocycles. The second-order valence-corrected chi connectivity index (χ2v) is 10.7. The Bertz CT molecular complexity index is 1330. The van der Waals surface area contributed by atoms with Crippen molar-refractivity contribution in [3.63, 3.8) is 0 Å². The number of nitrogens with one attached hydrogen (secondary N) is 1. The molecule has 0 fully saturated rings. The summed E-state index contributed by atoms with van der Waals surface area (Å²) in [7, 11) is -1.81. The number of methoxy groups -OCH3 is 1. The van der Waals surface area contributed by atoms with Gasteiger partial charge in [-0.25, -0.2) is 13.4 Å². The third kappa shape index (κ3) is 6.00. The summed E-state index contributed by atoms with van der Waals surface area (Å²) >= 11 is 12.8. The first kappa shape index (κ1) is 25.8. The fraction of sp³-hybridized carbons (Fsp3) is 0.250. The molecule has 0 unspecified atom stereocenters. The zero-order chi connectivity index (χ0) is 25.0. The lowest BCUT2D eigenvalue weighted by Gasteiger charge is -2.15. The third-order valence-electron chi connectivity index (χ3n) is 4.96. The van der Waals surface area contributed by atoms with Crippen molar-refractivity contribution in [2.24, 2.45) is 0 Å². The van der Waals surface area contributed by atoms with Gasteiger partial charge in [0.1, 0.15) is 5.75 Å². The van der Waals surface area contributed by atoms with Crippen LogP contribution in [0.5, 0.6) is 17.4 Å². The van der Waals surface area contributed by atoms with Gasteiger partial charge in [-0.15, -0.1) is 0 Å². The minimum atomic E-state index is -3.35. The van der Waals surface area contributed by atoms with Gasteiger partial charge in [-0.3, -0.25) is 4.79 Å². The van der Waals surface area contributed by atoms with E-state index in [0.29, 0.717) is 17.2 Å². The number of amides is 1. The van der Waals surface area contributed by atoms with Gasteiger partial charge in [0, 0.05) is 18.4 Å². The molecule has 7 nitrogen and oxygen atoms in total. The minimum Gasteiger partial charge on any atom is -0.481 e. The van der Waals surface area contributed by atoms with Gasteiger partial charge in [-0.2, -0.15) is 0 Å². The molecule has 1 heterocycles. The van der Waals surface area contributed by atoms with Gasteiger partial charge in [-0.05, 0) is 41.8 Å². The number of carbonyl (C=O) groups excluding carboxylic acids is 1. The van der Waals surface area contributed by atoms with E-state index in [1.54, 1.807) is 25.3 Å². The molecule has 10 heteroatoms. The maximum atomic E-state index is 12.8. The Labute approximate surface area is 208 Å². The summed E-state index contributed by atoms with van der Waals surface area (Å²) in [5.74, 6) is 0.676. The van der Waals surface area contributed by atoms with E-state index in [2.05, 4.69) is 10.3 Å². The quantitative estimate of drug-likeness (QED) is 0.410. The van der Waals surface area contributed by atoms with E-state index in [4.69, 9.17) is 32.7 Å². The van der Waals surface area contributed by atoms with E-state index in [1.165, 1.54) is 30.5 Å². The molecule has 0 aliphatic heterocycles. The highest BCUT2D eigenvalue weighted by Crippen LogP contribution is 2.39. The molecule has 0 radical (unpaired) electrons. The van der Waals surface area contributed by atoms with E-state index in [-0.39, 0.29) is 38.7 Å². The van der Waals surface area contributed by atoms with E-state index >= 15 is 0 Å². The average Bonchev–Trinajstić information content (AvgIpc) is 2.79. The first-order chi connectivity index (χ1) is 16.0. The van der Waals surface area contributed by atoms with Crippen molar-refractivity contribution < 1.29 is 22.7 Å². The molecule has 34 heavy (non-hydrogen) atoms. The van der Waals surface area contributed by atoms with Crippen LogP contribution in [-0.4, -0.2) is 32.7 Å². The van der Waals surface area contributed by atoms with Gasteiger partial charge >= 0.3 is 0 Å². The topological polar surface area (TPSA) is 94.6 Å². The number of hydrogen-bond acceptors (Lipinski definition) is 6. The number of carbonyl (C=O) groups is 1. The van der Waals surface area contributed by atoms with Crippen LogP contribution in [0, 0.1) is 0 Å². The number of halogens is 2. The maximum Gasteiger partial charge on any atom is 0.253 e. The van der Waals surface area contributed by atoms with Crippen molar-refractivity contribution in [3.05, 3.63) is 75.4 Å². The highest BCUT2D eigenvalue weighted by atomic mass is 35.5. The lowest BCUT2D eigenvalue weighted by Crippen LogP contribution is -2.23. The molecule has 0 bridgehead atoms. The molecule has 0 saturated heterocycles. The number of nitrogens with zero attached hydrogens (tertiary/aromatic N) is 1. The summed E-state index contributed by atoms with van der Waals surface area (Å²) in [6, 6.07) is 11.1. The molecule has 0 aliphatic rings. The second-order valence-electron chi connectivity index (χ2n) is 7.87. The smallest absolute Gasteiger partial charge is 0.253 e. The van der Waals surface area contributed by atoms with E-state index < -0.39 is 15.7 Å². The lowest BCUT2D eigenvalue weighted by atomic mass is 10.1. The molecule has 1 aromatic heterocycles. The largest absolute Gasteiger partial charge is 0.481 e. The molecule has 3 rings (SSSR count). The first-order valence-corrected chi connectivity index (χ1v) is 12.9. The van der Waals surface area contributed by atoms with Crippen molar-refractivity contribution in [3.8, 4) is 17.4 Å². The van der Waals surface area contributed by atoms with Gasteiger partial charge in [-0.1, -0.05) is 49.2 Å². The Morgan fingerprint density at radius 1 is 1.15 bits per heavy atom. The minimum absolute atomic E-state index is 0.0387. The van der Waals surface area contributed by atoms with Crippen LogP contribution < -0.4 is 14.8 Å².